The van der Waals surface area contributed by atoms with E-state index in [1.165, 1.54) is 44.7 Å². The average Bonchev–Trinajstić information content (AvgIpc) is 1.70. The number of benzene rings is 7. The Hall–Kier alpha value is -8.54. The lowest BCUT2D eigenvalue weighted by Crippen LogP contribution is -2.63. The molecule has 8 aromatic rings. The van der Waals surface area contributed by atoms with E-state index >= 15 is 0 Å². The van der Waals surface area contributed by atoms with Gasteiger partial charge in [-0.2, -0.15) is 0 Å². The summed E-state index contributed by atoms with van der Waals surface area (Å²) >= 11 is 7.03. The van der Waals surface area contributed by atoms with Crippen molar-refractivity contribution >= 4 is 40.6 Å². The summed E-state index contributed by atoms with van der Waals surface area (Å²) in [6.07, 6.45) is -5.87. The van der Waals surface area contributed by atoms with Gasteiger partial charge in [0.05, 0.1) is 71.6 Å². The molecule has 0 radical (unpaired) electrons. The smallest absolute Gasteiger partial charge is 0.497 e. The fourth-order valence-corrected chi connectivity index (χ4v) is 13.9. The number of nitrogens with zero attached hydrogens (tertiary/aromatic N) is 1. The van der Waals surface area contributed by atoms with Crippen LogP contribution in [-0.2, 0) is 91.9 Å². The zero-order valence-corrected chi connectivity index (χ0v) is 54.2. The number of nitrogens with one attached hydrogen (secondary N) is 1. The van der Waals surface area contributed by atoms with Gasteiger partial charge in [0.1, 0.15) is 49.1 Å². The van der Waals surface area contributed by atoms with Crippen LogP contribution in [0.1, 0.15) is 68.3 Å². The number of carbonyl (C=O) groups excluding carboxylic acids is 3. The summed E-state index contributed by atoms with van der Waals surface area (Å²) in [7, 11) is 7.52. The number of methoxy groups -OCH3 is 4. The summed E-state index contributed by atoms with van der Waals surface area (Å²) < 4.78 is 80.5. The highest BCUT2D eigenvalue weighted by Gasteiger charge is 2.54. The SMILES string of the molecule is COOCC1C2CC3c4c([nH]c5ccc(OC)cc45)CCN3CC2CC(OC(=O)c2cc(OC)c(OC(=O)OCc3ccc(OC4OC(C(=O)OCc5ccccc5)C(OCc5ccccc5)C(OCc5ccccc5)C4OCc4ccccc4)c(Cl)c3)c(OC)c2)C1OC. The van der Waals surface area contributed by atoms with Crippen LogP contribution in [-0.4, -0.2) is 126 Å². The van der Waals surface area contributed by atoms with Crippen LogP contribution in [0.25, 0.3) is 10.9 Å². The monoisotopic (exact) mass is 1320 g/mol. The molecule has 0 amide bonds. The van der Waals surface area contributed by atoms with Gasteiger partial charge in [-0.3, -0.25) is 4.90 Å². The van der Waals surface area contributed by atoms with Crippen molar-refractivity contribution in [2.45, 2.75) is 101 Å². The molecule has 7 aromatic carbocycles. The van der Waals surface area contributed by atoms with E-state index < -0.39 is 61.0 Å². The number of fused-ring (bicyclic) bond motifs is 6. The summed E-state index contributed by atoms with van der Waals surface area (Å²) in [5, 5.41) is 1.26. The first-order valence-corrected chi connectivity index (χ1v) is 32.1. The summed E-state index contributed by atoms with van der Waals surface area (Å²) in [6, 6.07) is 52.0. The summed E-state index contributed by atoms with van der Waals surface area (Å²) in [4.78, 5) is 59.6. The number of ether oxygens (including phenoxy) is 13. The van der Waals surface area contributed by atoms with Crippen molar-refractivity contribution in [1.82, 2.24) is 9.88 Å². The predicted molar refractivity (Wildman–Crippen MR) is 348 cm³/mol. The molecule has 0 bridgehead atoms. The Bertz CT molecular complexity index is 3840. The molecule has 12 rings (SSSR count). The van der Waals surface area contributed by atoms with E-state index in [1.54, 1.807) is 32.4 Å². The van der Waals surface area contributed by atoms with Gasteiger partial charge in [-0.15, -0.1) is 0 Å². The maximum absolute atomic E-state index is 14.5. The lowest BCUT2D eigenvalue weighted by molar-refractivity contribution is -0.302. The molecule has 11 atom stereocenters. The maximum Gasteiger partial charge on any atom is 0.514 e. The molecule has 1 N–H and O–H groups in total. The molecule has 498 valence electrons. The Morgan fingerprint density at radius 1 is 0.611 bits per heavy atom. The third-order valence-corrected chi connectivity index (χ3v) is 18.5. The van der Waals surface area contributed by atoms with Crippen molar-refractivity contribution in [3.8, 4) is 28.7 Å². The van der Waals surface area contributed by atoms with Crippen LogP contribution in [0.15, 0.2) is 170 Å². The average molecular weight is 1320 g/mol. The first kappa shape index (κ1) is 66.5. The van der Waals surface area contributed by atoms with Gasteiger partial charge in [0, 0.05) is 55.2 Å². The second kappa shape index (κ2) is 31.3. The topological polar surface area (TPSA) is 209 Å². The first-order valence-electron chi connectivity index (χ1n) is 31.7. The third kappa shape index (κ3) is 15.6. The normalized spacial score (nSPS) is 23.1. The molecule has 20 nitrogen and oxygen atoms in total. The van der Waals surface area contributed by atoms with Crippen LogP contribution in [0.3, 0.4) is 0 Å². The Morgan fingerprint density at radius 3 is 1.82 bits per heavy atom. The fourth-order valence-electron chi connectivity index (χ4n) is 13.6. The zero-order valence-electron chi connectivity index (χ0n) is 53.5. The largest absolute Gasteiger partial charge is 0.514 e. The second-order valence-corrected chi connectivity index (χ2v) is 24.3. The molecule has 95 heavy (non-hydrogen) atoms. The summed E-state index contributed by atoms with van der Waals surface area (Å²) in [5.74, 6) is -0.474. The van der Waals surface area contributed by atoms with Gasteiger partial charge in [-0.1, -0.05) is 139 Å². The highest BCUT2D eigenvalue weighted by Crippen LogP contribution is 2.52. The number of carbonyl (C=O) groups is 3. The maximum atomic E-state index is 14.5. The Kier molecular flexibility index (Phi) is 21.9. The second-order valence-electron chi connectivity index (χ2n) is 23.9. The van der Waals surface area contributed by atoms with E-state index in [0.717, 1.165) is 64.8 Å². The lowest BCUT2D eigenvalue weighted by atomic mass is 9.63. The van der Waals surface area contributed by atoms with Gasteiger partial charge < -0.3 is 66.6 Å². The molecule has 1 aliphatic carbocycles. The van der Waals surface area contributed by atoms with Gasteiger partial charge in [-0.05, 0) is 101 Å². The van der Waals surface area contributed by atoms with Gasteiger partial charge in [-0.25, -0.2) is 24.2 Å². The van der Waals surface area contributed by atoms with Crippen LogP contribution in [0, 0.1) is 17.8 Å². The Labute approximate surface area is 556 Å². The van der Waals surface area contributed by atoms with Crippen molar-refractivity contribution in [3.05, 3.63) is 220 Å². The van der Waals surface area contributed by atoms with E-state index in [9.17, 15) is 14.4 Å². The van der Waals surface area contributed by atoms with Crippen molar-refractivity contribution in [1.29, 1.82) is 0 Å². The zero-order chi connectivity index (χ0) is 65.8. The number of halogens is 1. The molecule has 0 spiro atoms. The van der Waals surface area contributed by atoms with Gasteiger partial charge in [0.25, 0.3) is 0 Å². The van der Waals surface area contributed by atoms with E-state index in [-0.39, 0.29) is 97.0 Å². The molecule has 1 saturated carbocycles. The fraction of sp³-hybridized carbons (Fsp3) is 0.365. The van der Waals surface area contributed by atoms with Crippen LogP contribution < -0.4 is 23.7 Å². The minimum Gasteiger partial charge on any atom is -0.497 e. The molecule has 21 heteroatoms. The third-order valence-electron chi connectivity index (χ3n) is 18.2. The minimum atomic E-state index is -1.39. The molecule has 3 aliphatic heterocycles. The number of rotatable bonds is 26. The molecule has 1 aromatic heterocycles. The first-order chi connectivity index (χ1) is 46.5. The minimum absolute atomic E-state index is 0.00156. The highest BCUT2D eigenvalue weighted by molar-refractivity contribution is 6.32. The molecular weight excluding hydrogens is 1240 g/mol. The number of aromatic amines is 1. The van der Waals surface area contributed by atoms with Crippen LogP contribution >= 0.6 is 11.6 Å². The summed E-state index contributed by atoms with van der Waals surface area (Å²) in [5.41, 5.74) is 7.50. The van der Waals surface area contributed by atoms with Gasteiger partial charge >= 0.3 is 18.1 Å². The van der Waals surface area contributed by atoms with Crippen molar-refractivity contribution in [2.75, 3.05) is 55.2 Å². The van der Waals surface area contributed by atoms with E-state index in [0.29, 0.717) is 12.0 Å². The molecule has 2 saturated heterocycles. The molecule has 11 unspecified atom stereocenters. The Balaban J connectivity index is 0.735. The van der Waals surface area contributed by atoms with Crippen LogP contribution in [0.5, 0.6) is 28.7 Å². The number of aromatic nitrogens is 1. The van der Waals surface area contributed by atoms with Crippen molar-refractivity contribution in [3.63, 3.8) is 0 Å². The molecule has 4 heterocycles. The summed E-state index contributed by atoms with van der Waals surface area (Å²) in [6.45, 7) is 1.88. The van der Waals surface area contributed by atoms with Crippen LogP contribution in [0.2, 0.25) is 5.02 Å². The van der Waals surface area contributed by atoms with Gasteiger partial charge in [0.15, 0.2) is 17.6 Å². The van der Waals surface area contributed by atoms with Crippen molar-refractivity contribution in [2.24, 2.45) is 17.8 Å². The number of hydrogen-bond donors (Lipinski definition) is 1. The van der Waals surface area contributed by atoms with Crippen molar-refractivity contribution < 1.29 is 85.7 Å². The lowest BCUT2D eigenvalue weighted by Gasteiger charge is -2.53. The number of esters is 2. The van der Waals surface area contributed by atoms with Crippen LogP contribution in [0.4, 0.5) is 4.79 Å². The molecule has 3 fully saturated rings. The molecular formula is C74H77ClN2O18. The number of H-pyrrole nitrogens is 1. The molecule has 4 aliphatic rings. The Morgan fingerprint density at radius 2 is 1.22 bits per heavy atom. The van der Waals surface area contributed by atoms with E-state index in [1.807, 2.05) is 127 Å². The number of hydrogen-bond acceptors (Lipinski definition) is 19. The van der Waals surface area contributed by atoms with Gasteiger partial charge in [0.2, 0.25) is 12.0 Å². The van der Waals surface area contributed by atoms with E-state index in [2.05, 4.69) is 22.0 Å². The quantitative estimate of drug-likeness (QED) is 0.0176. The predicted octanol–water partition coefficient (Wildman–Crippen LogP) is 12.5. The highest BCUT2D eigenvalue weighted by atomic mass is 35.5. The number of piperidine rings is 1. The van der Waals surface area contributed by atoms with E-state index in [4.69, 9.17) is 83.0 Å². The standard InChI is InChI=1S/C74H77ClN2O18/c1-81-52-27-28-57-54(36-52)64-58(76-57)30-31-77-38-51-35-63(65(84-4)55(44-91-85-5)53(51)37-59(64)77)92-71(78)50-33-61(82-2)66(62(34-50)83-3)95-74(80)90-43-49-26-29-60(56(75)32-49)93-73-70(88-41-47-22-14-8-15-23-47)68(87-40-46-20-12-7-13-21-46)67(86-39-45-18-10-6-11-19-45)69(94-73)72(79)89-42-48-24-16-9-17-25-48/h6-29,32-34,36,51,53,55,59,63,65,67-70,73,76H,30-31,35,37-44H2,1-5H3.